The lowest BCUT2D eigenvalue weighted by atomic mass is 10.0. The maximum absolute atomic E-state index is 12.3. The van der Waals surface area contributed by atoms with Crippen molar-refractivity contribution in [1.82, 2.24) is 0 Å². The van der Waals surface area contributed by atoms with Gasteiger partial charge in [0.1, 0.15) is 12.7 Å². The van der Waals surface area contributed by atoms with Gasteiger partial charge in [0.15, 0.2) is 11.5 Å². The molecule has 6 nitrogen and oxygen atoms in total. The van der Waals surface area contributed by atoms with Crippen molar-refractivity contribution in [2.24, 2.45) is 0 Å². The van der Waals surface area contributed by atoms with Crippen LogP contribution in [0.25, 0.3) is 0 Å². The third-order valence-corrected chi connectivity index (χ3v) is 4.38. The van der Waals surface area contributed by atoms with Crippen molar-refractivity contribution in [2.45, 2.75) is 18.9 Å². The predicted octanol–water partition coefficient (Wildman–Crippen LogP) is 3.35. The van der Waals surface area contributed by atoms with Crippen molar-refractivity contribution in [1.29, 1.82) is 0 Å². The van der Waals surface area contributed by atoms with Crippen molar-refractivity contribution in [3.8, 4) is 11.5 Å². The molecule has 0 heterocycles. The molecule has 2 aromatic rings. The van der Waals surface area contributed by atoms with E-state index in [2.05, 4.69) is 0 Å². The molecule has 2 aromatic carbocycles. The molecular weight excluding hydrogens is 370 g/mol. The number of alkyl halides is 1. The first-order valence-corrected chi connectivity index (χ1v) is 9.05. The van der Waals surface area contributed by atoms with Gasteiger partial charge in [0.2, 0.25) is 0 Å². The molecule has 1 atom stereocenters. The summed E-state index contributed by atoms with van der Waals surface area (Å²) in [6.07, 6.45) is 0.846. The Morgan fingerprint density at radius 3 is 2.37 bits per heavy atom. The smallest absolute Gasteiger partial charge is 0.340 e. The monoisotopic (exact) mass is 393 g/mol. The van der Waals surface area contributed by atoms with E-state index in [9.17, 15) is 9.90 Å². The zero-order valence-electron chi connectivity index (χ0n) is 15.4. The summed E-state index contributed by atoms with van der Waals surface area (Å²) in [5, 5.41) is 10.3. The highest BCUT2D eigenvalue weighted by Crippen LogP contribution is 2.32. The normalized spacial score (nSPS) is 11.7. The van der Waals surface area contributed by atoms with Gasteiger partial charge < -0.3 is 25.1 Å². The molecule has 1 unspecified atom stereocenters. The van der Waals surface area contributed by atoms with Gasteiger partial charge in [0.05, 0.1) is 25.5 Å². The number of benzene rings is 2. The SMILES string of the molecule is COc1cc(N)c(C(=O)OCC(O)c2ccc(CCCCl)cc2)cc1OC. The Morgan fingerprint density at radius 2 is 1.78 bits per heavy atom. The first kappa shape index (κ1) is 20.9. The van der Waals surface area contributed by atoms with Gasteiger partial charge in [-0.15, -0.1) is 11.6 Å². The summed E-state index contributed by atoms with van der Waals surface area (Å²) in [5.74, 6) is 0.749. The molecule has 146 valence electrons. The zero-order chi connectivity index (χ0) is 19.8. The number of rotatable bonds is 9. The molecule has 27 heavy (non-hydrogen) atoms. The highest BCUT2D eigenvalue weighted by Gasteiger charge is 2.18. The summed E-state index contributed by atoms with van der Waals surface area (Å²) < 4.78 is 15.5. The zero-order valence-corrected chi connectivity index (χ0v) is 16.2. The van der Waals surface area contributed by atoms with Gasteiger partial charge in [0.25, 0.3) is 0 Å². The molecule has 3 N–H and O–H groups in total. The van der Waals surface area contributed by atoms with Gasteiger partial charge in [0, 0.05) is 18.0 Å². The Bertz CT molecular complexity index is 764. The molecular formula is C20H24ClNO5. The van der Waals surface area contributed by atoms with E-state index in [0.29, 0.717) is 22.9 Å². The number of carbonyl (C=O) groups excluding carboxylic acids is 1. The first-order valence-electron chi connectivity index (χ1n) is 8.51. The number of hydrogen-bond acceptors (Lipinski definition) is 6. The maximum atomic E-state index is 12.3. The third kappa shape index (κ3) is 5.52. The Balaban J connectivity index is 2.00. The summed E-state index contributed by atoms with van der Waals surface area (Å²) >= 11 is 5.69. The molecule has 7 heteroatoms. The average Bonchev–Trinajstić information content (AvgIpc) is 2.70. The van der Waals surface area contributed by atoms with Crippen molar-refractivity contribution in [3.05, 3.63) is 53.1 Å². The molecule has 0 aromatic heterocycles. The standard InChI is InChI=1S/C20H24ClNO5/c1-25-18-10-15(16(22)11-19(18)26-2)20(24)27-12-17(23)14-7-5-13(6-8-14)4-3-9-21/h5-8,10-11,17,23H,3-4,9,12,22H2,1-2H3. The molecule has 0 saturated carbocycles. The minimum atomic E-state index is -0.933. The second-order valence-corrected chi connectivity index (χ2v) is 6.32. The maximum Gasteiger partial charge on any atom is 0.340 e. The third-order valence-electron chi connectivity index (χ3n) is 4.11. The number of aliphatic hydroxyl groups excluding tert-OH is 1. The van der Waals surface area contributed by atoms with E-state index in [-0.39, 0.29) is 17.9 Å². The number of esters is 1. The Kier molecular flexibility index (Phi) is 7.76. The van der Waals surface area contributed by atoms with Crippen LogP contribution in [-0.2, 0) is 11.2 Å². The number of nitrogen functional groups attached to an aromatic ring is 1. The van der Waals surface area contributed by atoms with Crippen LogP contribution in [0.1, 0.15) is 34.0 Å². The van der Waals surface area contributed by atoms with Crippen LogP contribution in [-0.4, -0.2) is 37.8 Å². The lowest BCUT2D eigenvalue weighted by Crippen LogP contribution is -2.14. The molecule has 0 aliphatic carbocycles. The van der Waals surface area contributed by atoms with Gasteiger partial charge in [-0.05, 0) is 24.0 Å². The number of nitrogens with two attached hydrogens (primary N) is 1. The second kappa shape index (κ2) is 10.0. The van der Waals surface area contributed by atoms with Crippen LogP contribution in [0.4, 0.5) is 5.69 Å². The summed E-state index contributed by atoms with van der Waals surface area (Å²) in [6.45, 7) is -0.187. The van der Waals surface area contributed by atoms with Gasteiger partial charge in [-0.2, -0.15) is 0 Å². The topological polar surface area (TPSA) is 91.0 Å². The number of hydrogen-bond donors (Lipinski definition) is 2. The van der Waals surface area contributed by atoms with E-state index in [1.165, 1.54) is 26.4 Å². The molecule has 0 radical (unpaired) electrons. The number of methoxy groups -OCH3 is 2. The summed E-state index contributed by atoms with van der Waals surface area (Å²) in [5.41, 5.74) is 8.05. The van der Waals surface area contributed by atoms with Crippen LogP contribution in [0, 0.1) is 0 Å². The van der Waals surface area contributed by atoms with Crippen molar-refractivity contribution >= 4 is 23.3 Å². The largest absolute Gasteiger partial charge is 0.493 e. The first-order chi connectivity index (χ1) is 13.0. The summed E-state index contributed by atoms with van der Waals surface area (Å²) in [6, 6.07) is 10.4. The number of ether oxygens (including phenoxy) is 3. The van der Waals surface area contributed by atoms with E-state index in [0.717, 1.165) is 18.4 Å². The Morgan fingerprint density at radius 1 is 1.15 bits per heavy atom. The summed E-state index contributed by atoms with van der Waals surface area (Å²) in [7, 11) is 2.94. The van der Waals surface area contributed by atoms with Gasteiger partial charge in [-0.25, -0.2) is 4.79 Å². The minimum absolute atomic E-state index is 0.149. The second-order valence-electron chi connectivity index (χ2n) is 5.94. The molecule has 0 bridgehead atoms. The molecule has 0 amide bonds. The van der Waals surface area contributed by atoms with Gasteiger partial charge >= 0.3 is 5.97 Å². The van der Waals surface area contributed by atoms with E-state index in [1.807, 2.05) is 24.3 Å². The van der Waals surface area contributed by atoms with Crippen LogP contribution in [0.5, 0.6) is 11.5 Å². The fraction of sp³-hybridized carbons (Fsp3) is 0.350. The number of carbonyl (C=O) groups is 1. The molecule has 2 rings (SSSR count). The van der Waals surface area contributed by atoms with Crippen LogP contribution in [0.15, 0.2) is 36.4 Å². The van der Waals surface area contributed by atoms with E-state index >= 15 is 0 Å². The highest BCUT2D eigenvalue weighted by atomic mass is 35.5. The number of halogens is 1. The summed E-state index contributed by atoms with van der Waals surface area (Å²) in [4.78, 5) is 12.3. The molecule has 0 spiro atoms. The van der Waals surface area contributed by atoms with Crippen molar-refractivity contribution in [3.63, 3.8) is 0 Å². The average molecular weight is 394 g/mol. The fourth-order valence-corrected chi connectivity index (χ4v) is 2.71. The molecule has 0 aliphatic heterocycles. The minimum Gasteiger partial charge on any atom is -0.493 e. The highest BCUT2D eigenvalue weighted by molar-refractivity contribution is 6.17. The van der Waals surface area contributed by atoms with Crippen molar-refractivity contribution in [2.75, 3.05) is 32.4 Å². The molecule has 0 aliphatic rings. The van der Waals surface area contributed by atoms with E-state index < -0.39 is 12.1 Å². The van der Waals surface area contributed by atoms with E-state index in [4.69, 9.17) is 31.5 Å². The van der Waals surface area contributed by atoms with Crippen LogP contribution >= 0.6 is 11.6 Å². The number of aliphatic hydroxyl groups is 1. The van der Waals surface area contributed by atoms with Crippen LogP contribution in [0.3, 0.4) is 0 Å². The van der Waals surface area contributed by atoms with Crippen LogP contribution < -0.4 is 15.2 Å². The quantitative estimate of drug-likeness (QED) is 0.385. The predicted molar refractivity (Wildman–Crippen MR) is 105 cm³/mol. The Hall–Kier alpha value is -2.44. The molecule has 0 saturated heterocycles. The fourth-order valence-electron chi connectivity index (χ4n) is 2.58. The van der Waals surface area contributed by atoms with Gasteiger partial charge in [-0.3, -0.25) is 0 Å². The Labute approximate surface area is 163 Å². The van der Waals surface area contributed by atoms with E-state index in [1.54, 1.807) is 0 Å². The van der Waals surface area contributed by atoms with Gasteiger partial charge in [-0.1, -0.05) is 24.3 Å². The van der Waals surface area contributed by atoms with Crippen LogP contribution in [0.2, 0.25) is 0 Å². The number of aryl methyl sites for hydroxylation is 1. The molecule has 0 fully saturated rings. The van der Waals surface area contributed by atoms with Crippen molar-refractivity contribution < 1.29 is 24.1 Å². The lowest BCUT2D eigenvalue weighted by molar-refractivity contribution is 0.0254. The lowest BCUT2D eigenvalue weighted by Gasteiger charge is -2.14. The number of anilines is 1.